The highest BCUT2D eigenvalue weighted by Gasteiger charge is 2.39. The number of hydrogen-bond donors (Lipinski definition) is 7. The number of hydrogen-bond acceptors (Lipinski definition) is 8. The molecule has 15 heteroatoms. The number of nitrogens with one attached hydrogen (secondary N) is 5. The highest BCUT2D eigenvalue weighted by Crippen LogP contribution is 2.21. The zero-order valence-corrected chi connectivity index (χ0v) is 25.3. The Morgan fingerprint density at radius 3 is 1.90 bits per heavy atom. The molecule has 1 aliphatic heterocycles. The number of carbonyl (C=O) groups excluding carboxylic acids is 6. The molecule has 0 aromatic rings. The lowest BCUT2D eigenvalue weighted by Crippen LogP contribution is -2.58. The molecule has 1 aliphatic rings. The fraction of sp³-hybridized carbons (Fsp3) is 0.741. The Balaban J connectivity index is 2.90. The van der Waals surface area contributed by atoms with Crippen LogP contribution in [0, 0.1) is 17.8 Å². The summed E-state index contributed by atoms with van der Waals surface area (Å²) >= 11 is 0. The summed E-state index contributed by atoms with van der Waals surface area (Å²) in [7, 11) is 0. The predicted octanol–water partition coefficient (Wildman–Crippen LogP) is -1.93. The third-order valence-electron chi connectivity index (χ3n) is 6.71. The molecule has 0 aliphatic carbocycles. The highest BCUT2D eigenvalue weighted by atomic mass is 16.4. The Labute approximate surface area is 246 Å². The Kier molecular flexibility index (Phi) is 14.9. The fourth-order valence-electron chi connectivity index (χ4n) is 4.54. The third kappa shape index (κ3) is 11.6. The van der Waals surface area contributed by atoms with Gasteiger partial charge in [-0.15, -0.1) is 0 Å². The van der Waals surface area contributed by atoms with Crippen molar-refractivity contribution in [2.75, 3.05) is 26.2 Å². The van der Waals surface area contributed by atoms with Crippen LogP contribution in [0.15, 0.2) is 0 Å². The zero-order valence-electron chi connectivity index (χ0n) is 25.3. The monoisotopic (exact) mass is 597 g/mol. The second kappa shape index (κ2) is 17.3. The van der Waals surface area contributed by atoms with E-state index >= 15 is 0 Å². The molecule has 1 saturated heterocycles. The van der Waals surface area contributed by atoms with Gasteiger partial charge in [-0.25, -0.2) is 0 Å². The quantitative estimate of drug-likeness (QED) is 0.105. The maximum absolute atomic E-state index is 13.6. The van der Waals surface area contributed by atoms with Gasteiger partial charge in [0.2, 0.25) is 35.4 Å². The van der Waals surface area contributed by atoms with E-state index in [2.05, 4.69) is 26.6 Å². The first kappa shape index (κ1) is 36.3. The minimum atomic E-state index is -1.23. The second-order valence-electron chi connectivity index (χ2n) is 11.5. The molecule has 1 rings (SSSR count). The zero-order chi connectivity index (χ0) is 32.1. The summed E-state index contributed by atoms with van der Waals surface area (Å²) in [5.41, 5.74) is 5.37. The predicted molar refractivity (Wildman–Crippen MR) is 152 cm³/mol. The second-order valence-corrected chi connectivity index (χ2v) is 11.5. The first-order chi connectivity index (χ1) is 19.6. The fourth-order valence-corrected chi connectivity index (χ4v) is 4.54. The number of carboxylic acids is 1. The van der Waals surface area contributed by atoms with Crippen LogP contribution in [0.4, 0.5) is 0 Å². The molecule has 0 aromatic carbocycles. The Morgan fingerprint density at radius 1 is 0.810 bits per heavy atom. The summed E-state index contributed by atoms with van der Waals surface area (Å²) in [5.74, 6) is -5.19. The van der Waals surface area contributed by atoms with E-state index in [0.717, 1.165) is 0 Å². The van der Waals surface area contributed by atoms with E-state index in [-0.39, 0.29) is 30.8 Å². The third-order valence-corrected chi connectivity index (χ3v) is 6.71. The SMILES string of the molecule is CC(C)C[C@H](NC(=O)[C@@H](NC(=O)CN)C(C)C)C(=O)N1CCC[C@H]1C(=O)NCC(=O)N[C@H](C(=O)NCC(=O)O)C(C)C. The van der Waals surface area contributed by atoms with Crippen LogP contribution >= 0.6 is 0 Å². The number of carboxylic acid groups (broad SMARTS) is 1. The van der Waals surface area contributed by atoms with Gasteiger partial charge in [0, 0.05) is 6.54 Å². The number of amides is 6. The number of likely N-dealkylation sites (tertiary alicyclic amines) is 1. The summed E-state index contributed by atoms with van der Waals surface area (Å²) in [6.07, 6.45) is 1.20. The molecule has 238 valence electrons. The van der Waals surface area contributed by atoms with Crippen molar-refractivity contribution in [3.8, 4) is 0 Å². The molecular weight excluding hydrogens is 550 g/mol. The van der Waals surface area contributed by atoms with Gasteiger partial charge in [-0.3, -0.25) is 33.6 Å². The van der Waals surface area contributed by atoms with Gasteiger partial charge in [-0.1, -0.05) is 41.5 Å². The van der Waals surface area contributed by atoms with E-state index < -0.39 is 78.7 Å². The first-order valence-corrected chi connectivity index (χ1v) is 14.3. The van der Waals surface area contributed by atoms with Gasteiger partial charge >= 0.3 is 5.97 Å². The summed E-state index contributed by atoms with van der Waals surface area (Å²) in [4.78, 5) is 88.5. The first-order valence-electron chi connectivity index (χ1n) is 14.3. The van der Waals surface area contributed by atoms with Crippen molar-refractivity contribution < 1.29 is 38.7 Å². The Morgan fingerprint density at radius 2 is 1.38 bits per heavy atom. The van der Waals surface area contributed by atoms with Crippen molar-refractivity contribution in [3.63, 3.8) is 0 Å². The summed E-state index contributed by atoms with van der Waals surface area (Å²) in [6, 6.07) is -3.72. The number of aliphatic carboxylic acids is 1. The smallest absolute Gasteiger partial charge is 0.322 e. The highest BCUT2D eigenvalue weighted by molar-refractivity contribution is 5.96. The lowest BCUT2D eigenvalue weighted by atomic mass is 9.99. The van der Waals surface area contributed by atoms with Crippen LogP contribution in [-0.4, -0.2) is 102 Å². The maximum Gasteiger partial charge on any atom is 0.322 e. The van der Waals surface area contributed by atoms with Crippen molar-refractivity contribution in [1.29, 1.82) is 0 Å². The van der Waals surface area contributed by atoms with E-state index in [9.17, 15) is 33.6 Å². The van der Waals surface area contributed by atoms with Crippen molar-refractivity contribution in [1.82, 2.24) is 31.5 Å². The molecule has 0 unspecified atom stereocenters. The minimum Gasteiger partial charge on any atom is -0.480 e. The molecule has 0 spiro atoms. The average Bonchev–Trinajstić information content (AvgIpc) is 3.40. The van der Waals surface area contributed by atoms with Crippen molar-refractivity contribution in [2.24, 2.45) is 23.5 Å². The maximum atomic E-state index is 13.6. The minimum absolute atomic E-state index is 0.0237. The summed E-state index contributed by atoms with van der Waals surface area (Å²) < 4.78 is 0. The van der Waals surface area contributed by atoms with Gasteiger partial charge in [0.1, 0.15) is 30.7 Å². The molecule has 0 aromatic heterocycles. The van der Waals surface area contributed by atoms with Crippen molar-refractivity contribution in [2.45, 2.75) is 85.0 Å². The molecule has 8 N–H and O–H groups in total. The van der Waals surface area contributed by atoms with E-state index in [1.165, 1.54) is 4.90 Å². The van der Waals surface area contributed by atoms with Crippen LogP contribution in [0.1, 0.15) is 60.8 Å². The van der Waals surface area contributed by atoms with E-state index in [0.29, 0.717) is 19.3 Å². The van der Waals surface area contributed by atoms with Crippen molar-refractivity contribution >= 4 is 41.4 Å². The normalized spacial score (nSPS) is 16.9. The standard InChI is InChI=1S/C27H47N7O8/c1-14(2)10-17(31-26(41)23(16(5)6)32-19(35)11-28)27(42)34-9-7-8-18(34)24(39)29-12-20(36)33-22(15(3)4)25(40)30-13-21(37)38/h14-18,22-23H,7-13,28H2,1-6H3,(H,29,39)(H,30,40)(H,31,41)(H,32,35)(H,33,36)(H,37,38)/t17-,18-,22-,23-/m0/s1. The molecule has 1 heterocycles. The van der Waals surface area contributed by atoms with Gasteiger partial charge in [0.05, 0.1) is 13.1 Å². The van der Waals surface area contributed by atoms with Gasteiger partial charge < -0.3 is 42.3 Å². The lowest BCUT2D eigenvalue weighted by Gasteiger charge is -2.31. The van der Waals surface area contributed by atoms with Crippen molar-refractivity contribution in [3.05, 3.63) is 0 Å². The number of nitrogens with zero attached hydrogens (tertiary/aromatic N) is 1. The molecule has 0 saturated carbocycles. The molecule has 1 fully saturated rings. The van der Waals surface area contributed by atoms with E-state index in [1.807, 2.05) is 13.8 Å². The molecule has 4 atom stereocenters. The van der Waals surface area contributed by atoms with Gasteiger partial charge in [-0.2, -0.15) is 0 Å². The summed E-state index contributed by atoms with van der Waals surface area (Å²) in [5, 5.41) is 21.3. The number of nitrogens with two attached hydrogens (primary N) is 1. The largest absolute Gasteiger partial charge is 0.480 e. The van der Waals surface area contributed by atoms with Gasteiger partial charge in [-0.05, 0) is 37.0 Å². The number of carbonyl (C=O) groups is 7. The summed E-state index contributed by atoms with van der Waals surface area (Å²) in [6.45, 7) is 9.57. The van der Waals surface area contributed by atoms with Gasteiger partial charge in [0.15, 0.2) is 0 Å². The molecule has 6 amide bonds. The topological polar surface area (TPSA) is 229 Å². The Hall–Kier alpha value is -3.75. The lowest BCUT2D eigenvalue weighted by molar-refractivity contribution is -0.142. The van der Waals surface area contributed by atoms with Crippen LogP contribution in [0.3, 0.4) is 0 Å². The van der Waals surface area contributed by atoms with E-state index in [1.54, 1.807) is 27.7 Å². The average molecular weight is 598 g/mol. The molecule has 0 radical (unpaired) electrons. The molecule has 0 bridgehead atoms. The van der Waals surface area contributed by atoms with Gasteiger partial charge in [0.25, 0.3) is 0 Å². The number of rotatable bonds is 16. The molecule has 15 nitrogen and oxygen atoms in total. The van der Waals surface area contributed by atoms with Crippen LogP contribution in [0.2, 0.25) is 0 Å². The van der Waals surface area contributed by atoms with Crippen LogP contribution in [-0.2, 0) is 33.6 Å². The van der Waals surface area contributed by atoms with Crippen LogP contribution in [0.5, 0.6) is 0 Å². The Bertz CT molecular complexity index is 1000. The molecule has 42 heavy (non-hydrogen) atoms. The van der Waals surface area contributed by atoms with Crippen LogP contribution in [0.25, 0.3) is 0 Å². The molecular formula is C27H47N7O8. The van der Waals surface area contributed by atoms with E-state index in [4.69, 9.17) is 10.8 Å². The van der Waals surface area contributed by atoms with Crippen LogP contribution < -0.4 is 32.3 Å².